The van der Waals surface area contributed by atoms with Crippen LogP contribution in [0.4, 0.5) is 0 Å². The van der Waals surface area contributed by atoms with Crippen molar-refractivity contribution in [3.63, 3.8) is 0 Å². The first-order valence-corrected chi connectivity index (χ1v) is 7.37. The van der Waals surface area contributed by atoms with E-state index in [1.165, 1.54) is 16.7 Å². The van der Waals surface area contributed by atoms with Crippen LogP contribution in [0.1, 0.15) is 22.3 Å². The van der Waals surface area contributed by atoms with Gasteiger partial charge in [0, 0.05) is 17.1 Å². The van der Waals surface area contributed by atoms with Crippen LogP contribution in [0.15, 0.2) is 48.5 Å². The molecule has 19 heavy (non-hydrogen) atoms. The second-order valence-electron chi connectivity index (χ2n) is 4.59. The van der Waals surface area contributed by atoms with Gasteiger partial charge in [-0.2, -0.15) is 11.8 Å². The van der Waals surface area contributed by atoms with Crippen molar-refractivity contribution in [1.82, 2.24) is 0 Å². The third-order valence-corrected chi connectivity index (χ3v) is 3.96. The SMILES string of the molecule is Cc1cccc(CSCc2ccc(C(=N)N)cc2)c1. The standard InChI is InChI=1S/C16H18N2S/c1-12-3-2-4-14(9-12)11-19-10-13-5-7-15(8-6-13)16(17)18/h2-9H,10-11H2,1H3,(H3,17,18). The second-order valence-corrected chi connectivity index (χ2v) is 5.58. The van der Waals surface area contributed by atoms with E-state index in [0.29, 0.717) is 0 Å². The molecule has 0 fully saturated rings. The number of thioether (sulfide) groups is 1. The Morgan fingerprint density at radius 1 is 1.05 bits per heavy atom. The van der Waals surface area contributed by atoms with E-state index in [0.717, 1.165) is 17.1 Å². The Morgan fingerprint density at radius 2 is 1.74 bits per heavy atom. The number of amidine groups is 1. The van der Waals surface area contributed by atoms with Crippen LogP contribution in [-0.2, 0) is 11.5 Å². The zero-order valence-electron chi connectivity index (χ0n) is 11.0. The Balaban J connectivity index is 1.87. The van der Waals surface area contributed by atoms with Crippen molar-refractivity contribution in [3.05, 3.63) is 70.8 Å². The number of benzene rings is 2. The van der Waals surface area contributed by atoms with E-state index in [1.807, 2.05) is 36.0 Å². The van der Waals surface area contributed by atoms with Crippen molar-refractivity contribution < 1.29 is 0 Å². The maximum Gasteiger partial charge on any atom is 0.122 e. The van der Waals surface area contributed by atoms with Gasteiger partial charge in [0.05, 0.1) is 0 Å². The van der Waals surface area contributed by atoms with Crippen LogP contribution in [0.2, 0.25) is 0 Å². The molecule has 0 amide bonds. The van der Waals surface area contributed by atoms with Crippen LogP contribution in [0.3, 0.4) is 0 Å². The number of rotatable bonds is 5. The Bertz CT molecular complexity index is 561. The molecular weight excluding hydrogens is 252 g/mol. The number of hydrogen-bond acceptors (Lipinski definition) is 2. The largest absolute Gasteiger partial charge is 0.384 e. The van der Waals surface area contributed by atoms with E-state index in [-0.39, 0.29) is 5.84 Å². The van der Waals surface area contributed by atoms with Gasteiger partial charge in [0.2, 0.25) is 0 Å². The molecule has 2 nitrogen and oxygen atoms in total. The molecule has 98 valence electrons. The Hall–Kier alpha value is -1.74. The molecular formula is C16H18N2S. The molecule has 0 spiro atoms. The Labute approximate surface area is 118 Å². The molecule has 0 atom stereocenters. The minimum atomic E-state index is 0.124. The topological polar surface area (TPSA) is 49.9 Å². The third kappa shape index (κ3) is 4.14. The van der Waals surface area contributed by atoms with Gasteiger partial charge in [0.1, 0.15) is 5.84 Å². The fourth-order valence-electron chi connectivity index (χ4n) is 1.87. The summed E-state index contributed by atoms with van der Waals surface area (Å²) in [6.07, 6.45) is 0. The van der Waals surface area contributed by atoms with Crippen molar-refractivity contribution in [2.45, 2.75) is 18.4 Å². The van der Waals surface area contributed by atoms with Crippen LogP contribution >= 0.6 is 11.8 Å². The first-order chi connectivity index (χ1) is 9.15. The van der Waals surface area contributed by atoms with Crippen LogP contribution in [0, 0.1) is 12.3 Å². The molecule has 0 unspecified atom stereocenters. The van der Waals surface area contributed by atoms with E-state index in [1.54, 1.807) is 0 Å². The number of nitrogen functional groups attached to an aromatic ring is 1. The maximum absolute atomic E-state index is 7.35. The number of nitrogens with one attached hydrogen (secondary N) is 1. The first kappa shape index (κ1) is 13.7. The molecule has 0 saturated carbocycles. The lowest BCUT2D eigenvalue weighted by Gasteiger charge is -2.04. The quantitative estimate of drug-likeness (QED) is 0.642. The van der Waals surface area contributed by atoms with E-state index >= 15 is 0 Å². The minimum absolute atomic E-state index is 0.124. The molecule has 0 aliphatic heterocycles. The average molecular weight is 270 g/mol. The smallest absolute Gasteiger partial charge is 0.122 e. The van der Waals surface area contributed by atoms with Gasteiger partial charge < -0.3 is 5.73 Å². The molecule has 0 bridgehead atoms. The van der Waals surface area contributed by atoms with E-state index in [2.05, 4.69) is 31.2 Å². The van der Waals surface area contributed by atoms with Gasteiger partial charge in [-0.15, -0.1) is 0 Å². The van der Waals surface area contributed by atoms with Crippen molar-refractivity contribution in [2.75, 3.05) is 0 Å². The zero-order valence-corrected chi connectivity index (χ0v) is 11.8. The Kier molecular flexibility index (Phi) is 4.63. The highest BCUT2D eigenvalue weighted by atomic mass is 32.2. The molecule has 0 radical (unpaired) electrons. The maximum atomic E-state index is 7.35. The van der Waals surface area contributed by atoms with Crippen molar-refractivity contribution in [2.24, 2.45) is 5.73 Å². The van der Waals surface area contributed by atoms with Gasteiger partial charge in [-0.3, -0.25) is 5.41 Å². The summed E-state index contributed by atoms with van der Waals surface area (Å²) in [5.74, 6) is 2.13. The molecule has 0 aliphatic carbocycles. The highest BCUT2D eigenvalue weighted by Gasteiger charge is 1.99. The van der Waals surface area contributed by atoms with Crippen molar-refractivity contribution >= 4 is 17.6 Å². The van der Waals surface area contributed by atoms with Crippen LogP contribution in [0.25, 0.3) is 0 Å². The van der Waals surface area contributed by atoms with Crippen LogP contribution < -0.4 is 5.73 Å². The normalized spacial score (nSPS) is 10.4. The highest BCUT2D eigenvalue weighted by Crippen LogP contribution is 2.18. The zero-order chi connectivity index (χ0) is 13.7. The fourth-order valence-corrected chi connectivity index (χ4v) is 2.81. The predicted octanol–water partition coefficient (Wildman–Crippen LogP) is 3.71. The van der Waals surface area contributed by atoms with Crippen LogP contribution in [-0.4, -0.2) is 5.84 Å². The van der Waals surface area contributed by atoms with Gasteiger partial charge in [-0.25, -0.2) is 0 Å². The summed E-state index contributed by atoms with van der Waals surface area (Å²) in [6.45, 7) is 2.12. The lowest BCUT2D eigenvalue weighted by molar-refractivity contribution is 1.33. The second kappa shape index (κ2) is 6.43. The molecule has 2 aromatic carbocycles. The van der Waals surface area contributed by atoms with Crippen LogP contribution in [0.5, 0.6) is 0 Å². The first-order valence-electron chi connectivity index (χ1n) is 6.22. The number of hydrogen-bond donors (Lipinski definition) is 2. The van der Waals surface area contributed by atoms with E-state index < -0.39 is 0 Å². The summed E-state index contributed by atoms with van der Waals surface area (Å²) in [4.78, 5) is 0. The van der Waals surface area contributed by atoms with Gasteiger partial charge in [-0.1, -0.05) is 54.1 Å². The molecule has 0 heterocycles. The number of nitrogens with two attached hydrogens (primary N) is 1. The average Bonchev–Trinajstić information content (AvgIpc) is 2.39. The van der Waals surface area contributed by atoms with Gasteiger partial charge in [0.25, 0.3) is 0 Å². The van der Waals surface area contributed by atoms with Crippen molar-refractivity contribution in [3.8, 4) is 0 Å². The monoisotopic (exact) mass is 270 g/mol. The number of aryl methyl sites for hydroxylation is 1. The van der Waals surface area contributed by atoms with Crippen molar-refractivity contribution in [1.29, 1.82) is 5.41 Å². The summed E-state index contributed by atoms with van der Waals surface area (Å²) in [6, 6.07) is 16.5. The molecule has 3 N–H and O–H groups in total. The lowest BCUT2D eigenvalue weighted by atomic mass is 10.1. The van der Waals surface area contributed by atoms with E-state index in [4.69, 9.17) is 11.1 Å². The molecule has 2 rings (SSSR count). The molecule has 0 aliphatic rings. The summed E-state index contributed by atoms with van der Waals surface area (Å²) < 4.78 is 0. The summed E-state index contributed by atoms with van der Waals surface area (Å²) in [5.41, 5.74) is 10.2. The fraction of sp³-hybridized carbons (Fsp3) is 0.188. The predicted molar refractivity (Wildman–Crippen MR) is 83.6 cm³/mol. The third-order valence-electron chi connectivity index (χ3n) is 2.88. The molecule has 2 aromatic rings. The van der Waals surface area contributed by atoms with Gasteiger partial charge >= 0.3 is 0 Å². The minimum Gasteiger partial charge on any atom is -0.384 e. The van der Waals surface area contributed by atoms with Gasteiger partial charge in [-0.05, 0) is 18.1 Å². The Morgan fingerprint density at radius 3 is 2.37 bits per heavy atom. The highest BCUT2D eigenvalue weighted by molar-refractivity contribution is 7.97. The molecule has 0 aromatic heterocycles. The summed E-state index contributed by atoms with van der Waals surface area (Å²) in [5, 5.41) is 7.35. The van der Waals surface area contributed by atoms with Gasteiger partial charge in [0.15, 0.2) is 0 Å². The summed E-state index contributed by atoms with van der Waals surface area (Å²) >= 11 is 1.90. The molecule has 0 saturated heterocycles. The summed E-state index contributed by atoms with van der Waals surface area (Å²) in [7, 11) is 0. The molecule has 3 heteroatoms. The van der Waals surface area contributed by atoms with E-state index in [9.17, 15) is 0 Å². The lowest BCUT2D eigenvalue weighted by Crippen LogP contribution is -2.10.